The maximum Gasteiger partial charge on any atom is 0.0798 e. The van der Waals surface area contributed by atoms with Gasteiger partial charge in [0.1, 0.15) is 0 Å². The lowest BCUT2D eigenvalue weighted by Crippen LogP contribution is -2.35. The second-order valence-corrected chi connectivity index (χ2v) is 4.89. The maximum absolute atomic E-state index is 5.89. The molecule has 84 valence electrons. The monoisotopic (exact) mass is 227 g/mol. The van der Waals surface area contributed by atoms with Crippen LogP contribution in [0.3, 0.4) is 0 Å². The van der Waals surface area contributed by atoms with E-state index >= 15 is 0 Å². The van der Waals surface area contributed by atoms with Gasteiger partial charge in [-0.3, -0.25) is 0 Å². The van der Waals surface area contributed by atoms with Crippen LogP contribution in [-0.2, 0) is 11.3 Å². The SMILES string of the molecule is Cc1ncsc1CNCC1COCC1N. The zero-order valence-electron chi connectivity index (χ0n) is 8.90. The van der Waals surface area contributed by atoms with Crippen molar-refractivity contribution in [1.29, 1.82) is 0 Å². The Morgan fingerprint density at radius 2 is 2.53 bits per heavy atom. The normalized spacial score (nSPS) is 26.0. The first-order valence-electron chi connectivity index (χ1n) is 5.20. The van der Waals surface area contributed by atoms with E-state index in [2.05, 4.69) is 10.3 Å². The molecule has 0 bridgehead atoms. The first-order chi connectivity index (χ1) is 7.27. The van der Waals surface area contributed by atoms with Gasteiger partial charge in [0, 0.05) is 29.9 Å². The third-order valence-electron chi connectivity index (χ3n) is 2.78. The molecule has 0 amide bonds. The van der Waals surface area contributed by atoms with Crippen molar-refractivity contribution in [3.8, 4) is 0 Å². The molecule has 5 heteroatoms. The molecule has 1 aliphatic rings. The Labute approximate surface area is 93.8 Å². The van der Waals surface area contributed by atoms with E-state index in [1.54, 1.807) is 11.3 Å². The van der Waals surface area contributed by atoms with Gasteiger partial charge in [0.15, 0.2) is 0 Å². The topological polar surface area (TPSA) is 60.2 Å². The summed E-state index contributed by atoms with van der Waals surface area (Å²) < 4.78 is 5.31. The van der Waals surface area contributed by atoms with Crippen molar-refractivity contribution < 1.29 is 4.74 Å². The molecule has 1 aliphatic heterocycles. The molecule has 2 atom stereocenters. The van der Waals surface area contributed by atoms with Gasteiger partial charge in [-0.05, 0) is 6.92 Å². The van der Waals surface area contributed by atoms with E-state index < -0.39 is 0 Å². The molecule has 2 unspecified atom stereocenters. The third kappa shape index (κ3) is 2.75. The predicted molar refractivity (Wildman–Crippen MR) is 60.8 cm³/mol. The number of aryl methyl sites for hydroxylation is 1. The summed E-state index contributed by atoms with van der Waals surface area (Å²) in [5.41, 5.74) is 8.90. The molecule has 2 rings (SSSR count). The van der Waals surface area contributed by atoms with Crippen molar-refractivity contribution in [2.24, 2.45) is 11.7 Å². The van der Waals surface area contributed by atoms with E-state index in [9.17, 15) is 0 Å². The van der Waals surface area contributed by atoms with Crippen molar-refractivity contribution in [2.75, 3.05) is 19.8 Å². The number of thiazole rings is 1. The lowest BCUT2D eigenvalue weighted by Gasteiger charge is -2.13. The zero-order valence-corrected chi connectivity index (χ0v) is 9.72. The molecule has 15 heavy (non-hydrogen) atoms. The van der Waals surface area contributed by atoms with Crippen LogP contribution in [0.4, 0.5) is 0 Å². The van der Waals surface area contributed by atoms with Crippen LogP contribution in [0.1, 0.15) is 10.6 Å². The molecular weight excluding hydrogens is 210 g/mol. The minimum absolute atomic E-state index is 0.194. The van der Waals surface area contributed by atoms with Crippen molar-refractivity contribution >= 4 is 11.3 Å². The number of hydrogen-bond acceptors (Lipinski definition) is 5. The minimum Gasteiger partial charge on any atom is -0.379 e. The van der Waals surface area contributed by atoms with Crippen molar-refractivity contribution in [3.05, 3.63) is 16.1 Å². The lowest BCUT2D eigenvalue weighted by molar-refractivity contribution is 0.184. The van der Waals surface area contributed by atoms with Crippen LogP contribution < -0.4 is 11.1 Å². The number of nitrogens with one attached hydrogen (secondary N) is 1. The standard InChI is InChI=1S/C10H17N3OS/c1-7-10(15-6-13-7)3-12-2-8-4-14-5-9(8)11/h6,8-9,12H,2-5,11H2,1H3. The van der Waals surface area contributed by atoms with Gasteiger partial charge < -0.3 is 15.8 Å². The Morgan fingerprint density at radius 1 is 1.67 bits per heavy atom. The number of rotatable bonds is 4. The highest BCUT2D eigenvalue weighted by molar-refractivity contribution is 7.09. The lowest BCUT2D eigenvalue weighted by atomic mass is 10.1. The summed E-state index contributed by atoms with van der Waals surface area (Å²) in [5.74, 6) is 0.457. The molecule has 0 spiro atoms. The van der Waals surface area contributed by atoms with Crippen LogP contribution in [0, 0.1) is 12.8 Å². The molecule has 0 aliphatic carbocycles. The van der Waals surface area contributed by atoms with Gasteiger partial charge in [-0.25, -0.2) is 4.98 Å². The van der Waals surface area contributed by atoms with Gasteiger partial charge in [-0.2, -0.15) is 0 Å². The first kappa shape index (κ1) is 11.0. The third-order valence-corrected chi connectivity index (χ3v) is 3.72. The van der Waals surface area contributed by atoms with E-state index in [1.807, 2.05) is 12.4 Å². The molecule has 0 saturated carbocycles. The van der Waals surface area contributed by atoms with Crippen LogP contribution in [0.25, 0.3) is 0 Å². The Kier molecular flexibility index (Phi) is 3.69. The number of ether oxygens (including phenoxy) is 1. The van der Waals surface area contributed by atoms with E-state index in [4.69, 9.17) is 10.5 Å². The molecule has 1 saturated heterocycles. The second-order valence-electron chi connectivity index (χ2n) is 3.95. The Hall–Kier alpha value is -0.490. The fourth-order valence-electron chi connectivity index (χ4n) is 1.69. The first-order valence-corrected chi connectivity index (χ1v) is 6.08. The molecule has 1 aromatic rings. The molecule has 0 radical (unpaired) electrons. The van der Waals surface area contributed by atoms with Crippen molar-refractivity contribution in [1.82, 2.24) is 10.3 Å². The van der Waals surface area contributed by atoms with Crippen molar-refractivity contribution in [2.45, 2.75) is 19.5 Å². The van der Waals surface area contributed by atoms with Crippen LogP contribution in [-0.4, -0.2) is 30.8 Å². The van der Waals surface area contributed by atoms with Crippen molar-refractivity contribution in [3.63, 3.8) is 0 Å². The van der Waals surface area contributed by atoms with E-state index in [0.29, 0.717) is 12.5 Å². The van der Waals surface area contributed by atoms with Gasteiger partial charge in [-0.1, -0.05) is 0 Å². The van der Waals surface area contributed by atoms with Gasteiger partial charge >= 0.3 is 0 Å². The highest BCUT2D eigenvalue weighted by atomic mass is 32.1. The molecule has 4 nitrogen and oxygen atoms in total. The van der Waals surface area contributed by atoms with Gasteiger partial charge in [-0.15, -0.1) is 11.3 Å². The summed E-state index contributed by atoms with van der Waals surface area (Å²) in [7, 11) is 0. The van der Waals surface area contributed by atoms with Gasteiger partial charge in [0.25, 0.3) is 0 Å². The fourth-order valence-corrected chi connectivity index (χ4v) is 2.44. The predicted octanol–water partition coefficient (Wildman–Crippen LogP) is 0.515. The van der Waals surface area contributed by atoms with Crippen LogP contribution in [0.5, 0.6) is 0 Å². The van der Waals surface area contributed by atoms with Gasteiger partial charge in [0.05, 0.1) is 24.4 Å². The smallest absolute Gasteiger partial charge is 0.0798 e. The van der Waals surface area contributed by atoms with Crippen LogP contribution in [0.2, 0.25) is 0 Å². The molecule has 3 N–H and O–H groups in total. The fraction of sp³-hybridized carbons (Fsp3) is 0.700. The summed E-state index contributed by atoms with van der Waals surface area (Å²) in [6, 6.07) is 0.194. The highest BCUT2D eigenvalue weighted by Gasteiger charge is 2.24. The van der Waals surface area contributed by atoms with E-state index in [1.165, 1.54) is 4.88 Å². The summed E-state index contributed by atoms with van der Waals surface area (Å²) >= 11 is 1.70. The zero-order chi connectivity index (χ0) is 10.7. The number of nitrogens with zero attached hydrogens (tertiary/aromatic N) is 1. The molecule has 0 aromatic carbocycles. The quantitative estimate of drug-likeness (QED) is 0.787. The molecule has 2 heterocycles. The van der Waals surface area contributed by atoms with E-state index in [-0.39, 0.29) is 6.04 Å². The Bertz CT molecular complexity index is 315. The molecule has 1 fully saturated rings. The number of aromatic nitrogens is 1. The van der Waals surface area contributed by atoms with Crippen LogP contribution in [0.15, 0.2) is 5.51 Å². The molecule has 1 aromatic heterocycles. The average Bonchev–Trinajstić information content (AvgIpc) is 2.78. The summed E-state index contributed by atoms with van der Waals surface area (Å²) in [5, 5.41) is 3.41. The highest BCUT2D eigenvalue weighted by Crippen LogP contribution is 2.13. The van der Waals surface area contributed by atoms with Gasteiger partial charge in [0.2, 0.25) is 0 Å². The Balaban J connectivity index is 1.73. The maximum atomic E-state index is 5.89. The number of nitrogens with two attached hydrogens (primary N) is 1. The largest absolute Gasteiger partial charge is 0.379 e. The Morgan fingerprint density at radius 3 is 3.13 bits per heavy atom. The second kappa shape index (κ2) is 5.03. The average molecular weight is 227 g/mol. The summed E-state index contributed by atoms with van der Waals surface area (Å²) in [6.45, 7) is 5.35. The number of hydrogen-bond donors (Lipinski definition) is 2. The van der Waals surface area contributed by atoms with E-state index in [0.717, 1.165) is 25.4 Å². The van der Waals surface area contributed by atoms with Crippen LogP contribution >= 0.6 is 11.3 Å². The summed E-state index contributed by atoms with van der Waals surface area (Å²) in [4.78, 5) is 5.52. The molecular formula is C10H17N3OS. The summed E-state index contributed by atoms with van der Waals surface area (Å²) in [6.07, 6.45) is 0. The minimum atomic E-state index is 0.194.